The molecule has 0 bridgehead atoms. The molecule has 1 fully saturated rings. The summed E-state index contributed by atoms with van der Waals surface area (Å²) in [4.78, 5) is 4.34. The number of nitrogen functional groups attached to an aromatic ring is 1. The number of hydrogen-bond acceptors (Lipinski definition) is 3. The highest BCUT2D eigenvalue weighted by Crippen LogP contribution is 2.38. The number of nitrogens with two attached hydrogens (primary N) is 1. The van der Waals surface area contributed by atoms with Gasteiger partial charge in [-0.1, -0.05) is 0 Å². The Morgan fingerprint density at radius 3 is 2.88 bits per heavy atom. The number of aromatic nitrogens is 3. The SMILES string of the molecule is Nc1ccc(-c2n[nH]c(C3CC3)n2)cc1F. The molecule has 0 amide bonds. The fourth-order valence-electron chi connectivity index (χ4n) is 1.61. The average Bonchev–Trinajstić information content (AvgIpc) is 3.01. The predicted octanol–water partition coefficient (Wildman–Crippen LogP) is 2.07. The molecule has 1 aliphatic rings. The first kappa shape index (κ1) is 9.33. The van der Waals surface area contributed by atoms with E-state index in [4.69, 9.17) is 5.73 Å². The molecule has 2 aromatic rings. The summed E-state index contributed by atoms with van der Waals surface area (Å²) in [6, 6.07) is 4.60. The van der Waals surface area contributed by atoms with Crippen LogP contribution in [0.1, 0.15) is 24.6 Å². The topological polar surface area (TPSA) is 67.6 Å². The molecule has 1 saturated carbocycles. The molecule has 5 heteroatoms. The van der Waals surface area contributed by atoms with E-state index in [2.05, 4.69) is 15.2 Å². The van der Waals surface area contributed by atoms with Gasteiger partial charge in [0.05, 0.1) is 5.69 Å². The fraction of sp³-hybridized carbons (Fsp3) is 0.273. The number of halogens is 1. The van der Waals surface area contributed by atoms with Crippen LogP contribution in [-0.4, -0.2) is 15.2 Å². The zero-order valence-electron chi connectivity index (χ0n) is 8.57. The monoisotopic (exact) mass is 218 g/mol. The van der Waals surface area contributed by atoms with Crippen molar-refractivity contribution in [2.75, 3.05) is 5.73 Å². The molecule has 4 nitrogen and oxygen atoms in total. The molecule has 1 aromatic heterocycles. The van der Waals surface area contributed by atoms with Gasteiger partial charge in [0.15, 0.2) is 5.82 Å². The predicted molar refractivity (Wildman–Crippen MR) is 58.2 cm³/mol. The Morgan fingerprint density at radius 2 is 2.19 bits per heavy atom. The summed E-state index contributed by atoms with van der Waals surface area (Å²) in [6.45, 7) is 0. The third-order valence-electron chi connectivity index (χ3n) is 2.73. The number of H-pyrrole nitrogens is 1. The van der Waals surface area contributed by atoms with Gasteiger partial charge in [-0.05, 0) is 31.0 Å². The highest BCUT2D eigenvalue weighted by Gasteiger charge is 2.27. The van der Waals surface area contributed by atoms with E-state index in [1.54, 1.807) is 6.07 Å². The fourth-order valence-corrected chi connectivity index (χ4v) is 1.61. The molecule has 0 saturated heterocycles. The van der Waals surface area contributed by atoms with E-state index >= 15 is 0 Å². The molecule has 16 heavy (non-hydrogen) atoms. The second-order valence-corrected chi connectivity index (χ2v) is 4.05. The first-order valence-corrected chi connectivity index (χ1v) is 5.22. The summed E-state index contributed by atoms with van der Waals surface area (Å²) in [5.41, 5.74) is 6.20. The minimum Gasteiger partial charge on any atom is -0.396 e. The quantitative estimate of drug-likeness (QED) is 0.758. The summed E-state index contributed by atoms with van der Waals surface area (Å²) in [5, 5.41) is 6.96. The molecule has 0 atom stereocenters. The van der Waals surface area contributed by atoms with Gasteiger partial charge in [-0.25, -0.2) is 9.37 Å². The van der Waals surface area contributed by atoms with Gasteiger partial charge >= 0.3 is 0 Å². The molecule has 0 aliphatic heterocycles. The van der Waals surface area contributed by atoms with E-state index < -0.39 is 5.82 Å². The van der Waals surface area contributed by atoms with Gasteiger partial charge in [-0.2, -0.15) is 5.10 Å². The molecule has 0 radical (unpaired) electrons. The summed E-state index contributed by atoms with van der Waals surface area (Å²) in [5.74, 6) is 1.50. The first-order valence-electron chi connectivity index (χ1n) is 5.22. The summed E-state index contributed by atoms with van der Waals surface area (Å²) >= 11 is 0. The minimum atomic E-state index is -0.435. The normalized spacial score (nSPS) is 15.3. The van der Waals surface area contributed by atoms with Gasteiger partial charge in [0.25, 0.3) is 0 Å². The van der Waals surface area contributed by atoms with Gasteiger partial charge < -0.3 is 5.73 Å². The lowest BCUT2D eigenvalue weighted by Crippen LogP contribution is -1.91. The van der Waals surface area contributed by atoms with Crippen LogP contribution in [0.15, 0.2) is 18.2 Å². The minimum absolute atomic E-state index is 0.140. The van der Waals surface area contributed by atoms with E-state index in [-0.39, 0.29) is 5.69 Å². The van der Waals surface area contributed by atoms with Crippen molar-refractivity contribution in [2.24, 2.45) is 0 Å². The van der Waals surface area contributed by atoms with Crippen molar-refractivity contribution in [1.29, 1.82) is 0 Å². The smallest absolute Gasteiger partial charge is 0.181 e. The molecule has 1 heterocycles. The number of rotatable bonds is 2. The second-order valence-electron chi connectivity index (χ2n) is 4.05. The molecule has 1 aromatic carbocycles. The Labute approximate surface area is 91.7 Å². The number of aromatic amines is 1. The molecule has 82 valence electrons. The average molecular weight is 218 g/mol. The van der Waals surface area contributed by atoms with Crippen molar-refractivity contribution in [1.82, 2.24) is 15.2 Å². The summed E-state index contributed by atoms with van der Waals surface area (Å²) in [7, 11) is 0. The number of nitrogens with one attached hydrogen (secondary N) is 1. The van der Waals surface area contributed by atoms with Crippen LogP contribution in [0, 0.1) is 5.82 Å². The molecule has 1 aliphatic carbocycles. The van der Waals surface area contributed by atoms with E-state index in [0.717, 1.165) is 18.7 Å². The van der Waals surface area contributed by atoms with Crippen LogP contribution in [0.2, 0.25) is 0 Å². The zero-order chi connectivity index (χ0) is 11.1. The molecule has 3 rings (SSSR count). The van der Waals surface area contributed by atoms with Crippen molar-refractivity contribution in [2.45, 2.75) is 18.8 Å². The van der Waals surface area contributed by atoms with Gasteiger partial charge in [0.2, 0.25) is 0 Å². The second kappa shape index (κ2) is 3.30. The molecular formula is C11H11FN4. The Balaban J connectivity index is 1.97. The van der Waals surface area contributed by atoms with Crippen molar-refractivity contribution >= 4 is 5.69 Å². The Morgan fingerprint density at radius 1 is 1.38 bits per heavy atom. The maximum atomic E-state index is 13.3. The lowest BCUT2D eigenvalue weighted by Gasteiger charge is -1.98. The van der Waals surface area contributed by atoms with E-state index in [0.29, 0.717) is 17.3 Å². The number of hydrogen-bond donors (Lipinski definition) is 2. The van der Waals surface area contributed by atoms with E-state index in [1.807, 2.05) is 0 Å². The molecule has 3 N–H and O–H groups in total. The molecule has 0 spiro atoms. The van der Waals surface area contributed by atoms with Crippen LogP contribution < -0.4 is 5.73 Å². The third-order valence-corrected chi connectivity index (χ3v) is 2.73. The standard InChI is InChI=1S/C11H11FN4/c12-8-5-7(3-4-9(8)13)11-14-10(15-16-11)6-1-2-6/h3-6H,1-2,13H2,(H,14,15,16). The van der Waals surface area contributed by atoms with Gasteiger partial charge in [-0.15, -0.1) is 0 Å². The highest BCUT2D eigenvalue weighted by atomic mass is 19.1. The summed E-state index contributed by atoms with van der Waals surface area (Å²) in [6.07, 6.45) is 2.31. The Bertz CT molecular complexity index is 531. The Kier molecular flexibility index (Phi) is 1.92. The van der Waals surface area contributed by atoms with Gasteiger partial charge in [0, 0.05) is 11.5 Å². The number of anilines is 1. The maximum Gasteiger partial charge on any atom is 0.181 e. The van der Waals surface area contributed by atoms with Gasteiger partial charge in [-0.3, -0.25) is 5.10 Å². The van der Waals surface area contributed by atoms with Crippen molar-refractivity contribution in [3.05, 3.63) is 29.8 Å². The maximum absolute atomic E-state index is 13.3. The molecular weight excluding hydrogens is 207 g/mol. The van der Waals surface area contributed by atoms with Crippen LogP contribution in [0.4, 0.5) is 10.1 Å². The van der Waals surface area contributed by atoms with Crippen LogP contribution in [0.5, 0.6) is 0 Å². The van der Waals surface area contributed by atoms with Crippen LogP contribution in [-0.2, 0) is 0 Å². The summed E-state index contributed by atoms with van der Waals surface area (Å²) < 4.78 is 13.3. The van der Waals surface area contributed by atoms with Crippen molar-refractivity contribution in [3.63, 3.8) is 0 Å². The van der Waals surface area contributed by atoms with Crippen LogP contribution in [0.3, 0.4) is 0 Å². The van der Waals surface area contributed by atoms with Crippen LogP contribution in [0.25, 0.3) is 11.4 Å². The number of nitrogens with zero attached hydrogens (tertiary/aromatic N) is 2. The third kappa shape index (κ3) is 1.54. The molecule has 0 unspecified atom stereocenters. The number of benzene rings is 1. The zero-order valence-corrected chi connectivity index (χ0v) is 8.57. The van der Waals surface area contributed by atoms with Gasteiger partial charge in [0.1, 0.15) is 11.6 Å². The Hall–Kier alpha value is -1.91. The largest absolute Gasteiger partial charge is 0.396 e. The van der Waals surface area contributed by atoms with E-state index in [9.17, 15) is 4.39 Å². The van der Waals surface area contributed by atoms with Crippen molar-refractivity contribution in [3.8, 4) is 11.4 Å². The highest BCUT2D eigenvalue weighted by molar-refractivity contribution is 5.59. The van der Waals surface area contributed by atoms with E-state index in [1.165, 1.54) is 12.1 Å². The lowest BCUT2D eigenvalue weighted by molar-refractivity contribution is 0.633. The van der Waals surface area contributed by atoms with Crippen molar-refractivity contribution < 1.29 is 4.39 Å². The lowest BCUT2D eigenvalue weighted by atomic mass is 10.2. The van der Waals surface area contributed by atoms with Crippen LogP contribution >= 0.6 is 0 Å². The first-order chi connectivity index (χ1) is 7.74.